The Kier molecular flexibility index (Phi) is 4.07. The lowest BCUT2D eigenvalue weighted by Gasteiger charge is -2.14. The van der Waals surface area contributed by atoms with Crippen LogP contribution in [0.5, 0.6) is 0 Å². The molecular weight excluding hydrogens is 264 g/mol. The first-order chi connectivity index (χ1) is 10.1. The predicted octanol–water partition coefficient (Wildman–Crippen LogP) is 1.49. The molecule has 0 radical (unpaired) electrons. The highest BCUT2D eigenvalue weighted by Crippen LogP contribution is 2.26. The minimum absolute atomic E-state index is 0.521. The summed E-state index contributed by atoms with van der Waals surface area (Å²) >= 11 is 0. The van der Waals surface area contributed by atoms with Gasteiger partial charge in [-0.25, -0.2) is 4.98 Å². The van der Waals surface area contributed by atoms with Gasteiger partial charge in [0.2, 0.25) is 0 Å². The van der Waals surface area contributed by atoms with Crippen LogP contribution < -0.4 is 0 Å². The van der Waals surface area contributed by atoms with Gasteiger partial charge in [-0.2, -0.15) is 5.10 Å². The number of nitrogens with zero attached hydrogens (tertiary/aromatic N) is 4. The number of nitrogens with one attached hydrogen (secondary N) is 2. The molecule has 1 atom stereocenters. The topological polar surface area (TPSA) is 63.8 Å². The molecule has 21 heavy (non-hydrogen) atoms. The maximum absolute atomic E-state index is 4.57. The number of hydrogen-bond donors (Lipinski definition) is 2. The number of hydrogen-bond acceptors (Lipinski definition) is 4. The molecule has 0 spiro atoms. The van der Waals surface area contributed by atoms with Gasteiger partial charge in [-0.15, -0.1) is 0 Å². The van der Waals surface area contributed by atoms with E-state index in [4.69, 9.17) is 0 Å². The van der Waals surface area contributed by atoms with Crippen molar-refractivity contribution in [3.8, 4) is 0 Å². The fourth-order valence-corrected chi connectivity index (χ4v) is 2.98. The zero-order chi connectivity index (χ0) is 14.8. The fourth-order valence-electron chi connectivity index (χ4n) is 2.98. The lowest BCUT2D eigenvalue weighted by Crippen LogP contribution is -2.20. The monoisotopic (exact) mass is 288 g/mol. The van der Waals surface area contributed by atoms with E-state index in [0.29, 0.717) is 5.92 Å². The average Bonchev–Trinajstić information content (AvgIpc) is 3.12. The first kappa shape index (κ1) is 14.3. The van der Waals surface area contributed by atoms with Gasteiger partial charge in [-0.05, 0) is 34.0 Å². The summed E-state index contributed by atoms with van der Waals surface area (Å²) in [5.41, 5.74) is 3.66. The molecule has 3 heterocycles. The molecule has 1 fully saturated rings. The molecule has 0 aromatic carbocycles. The van der Waals surface area contributed by atoms with E-state index in [0.717, 1.165) is 32.0 Å². The summed E-state index contributed by atoms with van der Waals surface area (Å²) in [5, 5.41) is 7.10. The van der Waals surface area contributed by atoms with Gasteiger partial charge in [-0.1, -0.05) is 0 Å². The van der Waals surface area contributed by atoms with Crippen LogP contribution >= 0.6 is 0 Å². The third kappa shape index (κ3) is 3.33. The van der Waals surface area contributed by atoms with Crippen LogP contribution in [0.3, 0.4) is 0 Å². The summed E-state index contributed by atoms with van der Waals surface area (Å²) in [6.07, 6.45) is 5.08. The van der Waals surface area contributed by atoms with Crippen LogP contribution in [0, 0.1) is 6.92 Å². The maximum Gasteiger partial charge on any atom is 0.110 e. The van der Waals surface area contributed by atoms with Crippen molar-refractivity contribution >= 4 is 0 Å². The van der Waals surface area contributed by atoms with Gasteiger partial charge in [0.15, 0.2) is 0 Å². The Balaban J connectivity index is 1.59. The summed E-state index contributed by atoms with van der Waals surface area (Å²) in [7, 11) is 4.15. The van der Waals surface area contributed by atoms with Crippen LogP contribution in [0.2, 0.25) is 0 Å². The quantitative estimate of drug-likeness (QED) is 0.875. The summed E-state index contributed by atoms with van der Waals surface area (Å²) in [6.45, 7) is 6.16. The van der Waals surface area contributed by atoms with Crippen LogP contribution in [-0.4, -0.2) is 57.1 Å². The first-order valence-electron chi connectivity index (χ1n) is 7.51. The fraction of sp³-hybridized carbons (Fsp3) is 0.600. The van der Waals surface area contributed by atoms with Crippen LogP contribution in [0.1, 0.15) is 35.1 Å². The van der Waals surface area contributed by atoms with Crippen LogP contribution in [0.15, 0.2) is 12.4 Å². The second kappa shape index (κ2) is 5.99. The largest absolute Gasteiger partial charge is 0.345 e. The Morgan fingerprint density at radius 3 is 2.95 bits per heavy atom. The molecule has 0 amide bonds. The molecule has 0 aliphatic carbocycles. The molecule has 0 unspecified atom stereocenters. The third-order valence-electron chi connectivity index (χ3n) is 4.12. The Labute approximate surface area is 125 Å². The van der Waals surface area contributed by atoms with Crippen LogP contribution in [-0.2, 0) is 13.1 Å². The van der Waals surface area contributed by atoms with Gasteiger partial charge in [0.1, 0.15) is 5.82 Å². The van der Waals surface area contributed by atoms with Gasteiger partial charge in [0, 0.05) is 48.7 Å². The molecule has 2 N–H and O–H groups in total. The zero-order valence-electron chi connectivity index (χ0n) is 13.1. The van der Waals surface area contributed by atoms with E-state index < -0.39 is 0 Å². The molecule has 114 valence electrons. The molecule has 6 nitrogen and oxygen atoms in total. The van der Waals surface area contributed by atoms with E-state index in [2.05, 4.69) is 51.0 Å². The average molecular weight is 288 g/mol. The SMILES string of the molecule is Cc1[nH]ncc1CN1CC[C@@H](c2ncc(CN(C)C)[nH]2)C1. The number of H-pyrrole nitrogens is 2. The standard InChI is InChI=1S/C15H24N6/c1-11-13(6-17-19-11)9-21-5-4-12(8-21)15-16-7-14(18-15)10-20(2)3/h6-7,12H,4-5,8-10H2,1-3H3,(H,16,18)(H,17,19)/t12-/m1/s1. The first-order valence-corrected chi connectivity index (χ1v) is 7.51. The minimum atomic E-state index is 0.521. The van der Waals surface area contributed by atoms with Crippen molar-refractivity contribution in [1.29, 1.82) is 0 Å². The highest BCUT2D eigenvalue weighted by molar-refractivity contribution is 5.15. The molecule has 6 heteroatoms. The molecule has 1 aliphatic heterocycles. The third-order valence-corrected chi connectivity index (χ3v) is 4.12. The molecule has 1 aliphatic rings. The smallest absolute Gasteiger partial charge is 0.110 e. The summed E-state index contributed by atoms with van der Waals surface area (Å²) < 4.78 is 0. The normalized spacial score (nSPS) is 19.7. The summed E-state index contributed by atoms with van der Waals surface area (Å²) in [5.74, 6) is 1.66. The highest BCUT2D eigenvalue weighted by atomic mass is 15.2. The van der Waals surface area contributed by atoms with Crippen molar-refractivity contribution in [1.82, 2.24) is 30.0 Å². The number of aromatic nitrogens is 4. The van der Waals surface area contributed by atoms with E-state index in [1.165, 1.54) is 23.4 Å². The van der Waals surface area contributed by atoms with Crippen molar-refractivity contribution in [3.63, 3.8) is 0 Å². The molecule has 0 saturated carbocycles. The Morgan fingerprint density at radius 1 is 1.38 bits per heavy atom. The van der Waals surface area contributed by atoms with Gasteiger partial charge >= 0.3 is 0 Å². The van der Waals surface area contributed by atoms with E-state index in [1.807, 2.05) is 12.4 Å². The van der Waals surface area contributed by atoms with Crippen LogP contribution in [0.4, 0.5) is 0 Å². The Bertz CT molecular complexity index is 585. The predicted molar refractivity (Wildman–Crippen MR) is 81.9 cm³/mol. The van der Waals surface area contributed by atoms with Crippen LogP contribution in [0.25, 0.3) is 0 Å². The van der Waals surface area contributed by atoms with Gasteiger partial charge in [0.05, 0.1) is 6.20 Å². The second-order valence-corrected chi connectivity index (χ2v) is 6.27. The molecule has 0 bridgehead atoms. The number of aryl methyl sites for hydroxylation is 1. The molecule has 2 aromatic heterocycles. The van der Waals surface area contributed by atoms with Crippen molar-refractivity contribution in [2.24, 2.45) is 0 Å². The maximum atomic E-state index is 4.57. The van der Waals surface area contributed by atoms with Crippen molar-refractivity contribution < 1.29 is 0 Å². The minimum Gasteiger partial charge on any atom is -0.345 e. The number of likely N-dealkylation sites (tertiary alicyclic amines) is 1. The summed E-state index contributed by atoms with van der Waals surface area (Å²) in [4.78, 5) is 12.7. The van der Waals surface area contributed by atoms with E-state index in [1.54, 1.807) is 0 Å². The Morgan fingerprint density at radius 2 is 2.24 bits per heavy atom. The number of aromatic amines is 2. The highest BCUT2D eigenvalue weighted by Gasteiger charge is 2.26. The van der Waals surface area contributed by atoms with Gasteiger partial charge in [0.25, 0.3) is 0 Å². The second-order valence-electron chi connectivity index (χ2n) is 6.27. The lowest BCUT2D eigenvalue weighted by molar-refractivity contribution is 0.325. The van der Waals surface area contributed by atoms with Crippen molar-refractivity contribution in [2.45, 2.75) is 32.4 Å². The van der Waals surface area contributed by atoms with E-state index >= 15 is 0 Å². The van der Waals surface area contributed by atoms with Crippen molar-refractivity contribution in [3.05, 3.63) is 35.2 Å². The molecular formula is C15H24N6. The molecule has 1 saturated heterocycles. The number of rotatable bonds is 5. The Hall–Kier alpha value is -1.66. The number of imidazole rings is 1. The zero-order valence-corrected chi connectivity index (χ0v) is 13.1. The van der Waals surface area contributed by atoms with Gasteiger partial charge < -0.3 is 9.88 Å². The van der Waals surface area contributed by atoms with Gasteiger partial charge in [-0.3, -0.25) is 10.00 Å². The van der Waals surface area contributed by atoms with Crippen molar-refractivity contribution in [2.75, 3.05) is 27.2 Å². The van der Waals surface area contributed by atoms with E-state index in [-0.39, 0.29) is 0 Å². The summed E-state index contributed by atoms with van der Waals surface area (Å²) in [6, 6.07) is 0. The lowest BCUT2D eigenvalue weighted by atomic mass is 10.1. The molecule has 2 aromatic rings. The van der Waals surface area contributed by atoms with E-state index in [9.17, 15) is 0 Å². The molecule has 3 rings (SSSR count).